The van der Waals surface area contributed by atoms with Crippen LogP contribution in [0.15, 0.2) is 30.3 Å². The van der Waals surface area contributed by atoms with Crippen LogP contribution in [0.5, 0.6) is 0 Å². The summed E-state index contributed by atoms with van der Waals surface area (Å²) in [6.45, 7) is 10.4. The number of benzene rings is 1. The summed E-state index contributed by atoms with van der Waals surface area (Å²) < 4.78 is 0. The molecule has 2 saturated heterocycles. The van der Waals surface area contributed by atoms with Crippen LogP contribution >= 0.6 is 11.8 Å². The average Bonchev–Trinajstić information content (AvgIpc) is 3.11. The van der Waals surface area contributed by atoms with Crippen molar-refractivity contribution in [2.75, 3.05) is 37.8 Å². The van der Waals surface area contributed by atoms with Crippen LogP contribution in [0.4, 0.5) is 0 Å². The monoisotopic (exact) mass is 389 g/mol. The first-order chi connectivity index (χ1) is 12.8. The summed E-state index contributed by atoms with van der Waals surface area (Å²) in [7, 11) is 0. The summed E-state index contributed by atoms with van der Waals surface area (Å²) in [5.41, 5.74) is 1.25. The van der Waals surface area contributed by atoms with Crippen molar-refractivity contribution in [1.29, 1.82) is 0 Å². The van der Waals surface area contributed by atoms with Gasteiger partial charge in [0.1, 0.15) is 6.04 Å². The quantitative estimate of drug-likeness (QED) is 0.794. The van der Waals surface area contributed by atoms with Crippen LogP contribution in [0.25, 0.3) is 0 Å². The molecule has 1 aromatic carbocycles. The van der Waals surface area contributed by atoms with E-state index in [1.54, 1.807) is 16.7 Å². The number of hydrogen-bond donors (Lipinski definition) is 0. The zero-order valence-electron chi connectivity index (χ0n) is 16.7. The van der Waals surface area contributed by atoms with Crippen molar-refractivity contribution >= 4 is 23.6 Å². The number of carbonyl (C=O) groups excluding carboxylic acids is 2. The van der Waals surface area contributed by atoms with Crippen molar-refractivity contribution in [3.05, 3.63) is 35.9 Å². The minimum Gasteiger partial charge on any atom is -0.338 e. The summed E-state index contributed by atoms with van der Waals surface area (Å²) >= 11 is 1.69. The predicted molar refractivity (Wildman–Crippen MR) is 110 cm³/mol. The Morgan fingerprint density at radius 2 is 1.74 bits per heavy atom. The molecule has 0 radical (unpaired) electrons. The Hall–Kier alpha value is -1.53. The highest BCUT2D eigenvalue weighted by atomic mass is 32.2. The van der Waals surface area contributed by atoms with Gasteiger partial charge in [-0.3, -0.25) is 14.5 Å². The van der Waals surface area contributed by atoms with Crippen molar-refractivity contribution < 1.29 is 9.59 Å². The van der Waals surface area contributed by atoms with E-state index >= 15 is 0 Å². The van der Waals surface area contributed by atoms with Gasteiger partial charge in [0.05, 0.1) is 5.88 Å². The number of rotatable bonds is 4. The Morgan fingerprint density at radius 3 is 2.37 bits per heavy atom. The van der Waals surface area contributed by atoms with Crippen LogP contribution in [-0.4, -0.2) is 70.4 Å². The van der Waals surface area contributed by atoms with E-state index in [2.05, 4.69) is 49.9 Å². The summed E-state index contributed by atoms with van der Waals surface area (Å²) in [6.07, 6.45) is 0.488. The highest BCUT2D eigenvalue weighted by Crippen LogP contribution is 2.27. The molecule has 27 heavy (non-hydrogen) atoms. The van der Waals surface area contributed by atoms with Gasteiger partial charge in [-0.15, -0.1) is 11.8 Å². The number of hydrogen-bond acceptors (Lipinski definition) is 4. The zero-order valence-corrected chi connectivity index (χ0v) is 17.5. The van der Waals surface area contributed by atoms with E-state index in [0.717, 1.165) is 38.5 Å². The van der Waals surface area contributed by atoms with Crippen molar-refractivity contribution in [2.24, 2.45) is 5.41 Å². The Kier molecular flexibility index (Phi) is 6.48. The molecule has 1 atom stereocenters. The van der Waals surface area contributed by atoms with Gasteiger partial charge in [-0.1, -0.05) is 51.1 Å². The second-order valence-corrected chi connectivity index (χ2v) is 9.70. The fourth-order valence-corrected chi connectivity index (χ4v) is 4.80. The van der Waals surface area contributed by atoms with Gasteiger partial charge in [-0.05, 0) is 11.0 Å². The lowest BCUT2D eigenvalue weighted by molar-refractivity contribution is -0.145. The molecule has 5 nitrogen and oxygen atoms in total. The van der Waals surface area contributed by atoms with Gasteiger partial charge in [0.15, 0.2) is 0 Å². The van der Waals surface area contributed by atoms with E-state index in [-0.39, 0.29) is 23.3 Å². The standard InChI is InChI=1S/C21H31N3O2S/c1-21(2,3)13-19(25)24-16-27-15-18(24)20(26)23-11-9-22(10-12-23)14-17-7-5-4-6-8-17/h4-8,18H,9-16H2,1-3H3. The summed E-state index contributed by atoms with van der Waals surface area (Å²) in [5.74, 6) is 1.59. The second kappa shape index (κ2) is 8.65. The molecule has 6 heteroatoms. The topological polar surface area (TPSA) is 43.9 Å². The maximum atomic E-state index is 13.0. The molecule has 2 fully saturated rings. The van der Waals surface area contributed by atoms with Gasteiger partial charge in [0.2, 0.25) is 11.8 Å². The van der Waals surface area contributed by atoms with Crippen LogP contribution in [0, 0.1) is 5.41 Å². The first kappa shape index (κ1) is 20.2. The molecule has 2 aliphatic rings. The minimum absolute atomic E-state index is 0.0546. The number of piperazine rings is 1. The molecular formula is C21H31N3O2S. The van der Waals surface area contributed by atoms with Gasteiger partial charge in [0, 0.05) is 44.9 Å². The molecule has 2 heterocycles. The largest absolute Gasteiger partial charge is 0.338 e. The van der Waals surface area contributed by atoms with E-state index in [0.29, 0.717) is 12.3 Å². The molecule has 2 aliphatic heterocycles. The highest BCUT2D eigenvalue weighted by Gasteiger charge is 2.38. The number of nitrogens with zero attached hydrogens (tertiary/aromatic N) is 3. The third kappa shape index (κ3) is 5.48. The molecule has 2 amide bonds. The summed E-state index contributed by atoms with van der Waals surface area (Å²) in [6, 6.07) is 10.2. The number of thioether (sulfide) groups is 1. The van der Waals surface area contributed by atoms with Gasteiger partial charge in [0.25, 0.3) is 0 Å². The van der Waals surface area contributed by atoms with Crippen LogP contribution in [0.1, 0.15) is 32.8 Å². The van der Waals surface area contributed by atoms with E-state index in [1.807, 2.05) is 11.0 Å². The lowest BCUT2D eigenvalue weighted by atomic mass is 9.91. The third-order valence-corrected chi connectivity index (χ3v) is 6.11. The van der Waals surface area contributed by atoms with Crippen LogP contribution in [-0.2, 0) is 16.1 Å². The Morgan fingerprint density at radius 1 is 1.07 bits per heavy atom. The van der Waals surface area contributed by atoms with E-state index in [4.69, 9.17) is 0 Å². The molecular weight excluding hydrogens is 358 g/mol. The van der Waals surface area contributed by atoms with Crippen molar-refractivity contribution in [1.82, 2.24) is 14.7 Å². The summed E-state index contributed by atoms with van der Waals surface area (Å²) in [5, 5.41) is 0. The third-order valence-electron chi connectivity index (χ3n) is 5.10. The average molecular weight is 390 g/mol. The van der Waals surface area contributed by atoms with Gasteiger partial charge in [-0.2, -0.15) is 0 Å². The molecule has 0 saturated carbocycles. The van der Waals surface area contributed by atoms with Crippen LogP contribution in [0.3, 0.4) is 0 Å². The lowest BCUT2D eigenvalue weighted by Gasteiger charge is -2.37. The van der Waals surface area contributed by atoms with Crippen molar-refractivity contribution in [3.63, 3.8) is 0 Å². The molecule has 0 bridgehead atoms. The van der Waals surface area contributed by atoms with Crippen molar-refractivity contribution in [2.45, 2.75) is 39.8 Å². The Balaban J connectivity index is 1.53. The maximum absolute atomic E-state index is 13.0. The molecule has 1 unspecified atom stereocenters. The minimum atomic E-state index is -0.287. The normalized spacial score (nSPS) is 21.5. The fraction of sp³-hybridized carbons (Fsp3) is 0.619. The van der Waals surface area contributed by atoms with E-state index in [1.165, 1.54) is 5.56 Å². The Labute approximate surface area is 167 Å². The molecule has 1 aromatic rings. The van der Waals surface area contributed by atoms with Gasteiger partial charge >= 0.3 is 0 Å². The highest BCUT2D eigenvalue weighted by molar-refractivity contribution is 7.99. The van der Waals surface area contributed by atoms with Crippen molar-refractivity contribution in [3.8, 4) is 0 Å². The molecule has 0 N–H and O–H groups in total. The fourth-order valence-electron chi connectivity index (χ4n) is 3.63. The predicted octanol–water partition coefficient (Wildman–Crippen LogP) is 2.67. The molecule has 0 aromatic heterocycles. The molecule has 148 valence electrons. The first-order valence-electron chi connectivity index (χ1n) is 9.76. The number of amides is 2. The van der Waals surface area contributed by atoms with E-state index < -0.39 is 0 Å². The van der Waals surface area contributed by atoms with Gasteiger partial charge in [-0.25, -0.2) is 0 Å². The SMILES string of the molecule is CC(C)(C)CC(=O)N1CSCC1C(=O)N1CCN(Cc2ccccc2)CC1. The van der Waals surface area contributed by atoms with Crippen LogP contribution < -0.4 is 0 Å². The molecule has 3 rings (SSSR count). The summed E-state index contributed by atoms with van der Waals surface area (Å²) in [4.78, 5) is 31.8. The van der Waals surface area contributed by atoms with Crippen LogP contribution in [0.2, 0.25) is 0 Å². The zero-order chi connectivity index (χ0) is 19.4. The van der Waals surface area contributed by atoms with Gasteiger partial charge < -0.3 is 9.80 Å². The molecule has 0 aliphatic carbocycles. The Bertz CT molecular complexity index is 651. The molecule has 0 spiro atoms. The van der Waals surface area contributed by atoms with E-state index in [9.17, 15) is 9.59 Å². The first-order valence-corrected chi connectivity index (χ1v) is 10.9. The second-order valence-electron chi connectivity index (χ2n) is 8.70. The lowest BCUT2D eigenvalue weighted by Crippen LogP contribution is -2.55. The maximum Gasteiger partial charge on any atom is 0.246 e. The number of carbonyl (C=O) groups is 2. The smallest absolute Gasteiger partial charge is 0.246 e.